The lowest BCUT2D eigenvalue weighted by Gasteiger charge is -2.16. The van der Waals surface area contributed by atoms with Crippen molar-refractivity contribution in [2.24, 2.45) is 5.73 Å². The molecule has 1 amide bonds. The van der Waals surface area contributed by atoms with E-state index in [1.807, 2.05) is 0 Å². The third-order valence-electron chi connectivity index (χ3n) is 2.53. The first-order chi connectivity index (χ1) is 8.84. The predicted molar refractivity (Wildman–Crippen MR) is 71.5 cm³/mol. The van der Waals surface area contributed by atoms with Crippen molar-refractivity contribution in [3.63, 3.8) is 0 Å². The van der Waals surface area contributed by atoms with Crippen molar-refractivity contribution in [3.8, 4) is 5.75 Å². The summed E-state index contributed by atoms with van der Waals surface area (Å²) in [4.78, 5) is 11.3. The summed E-state index contributed by atoms with van der Waals surface area (Å²) in [6.07, 6.45) is 1.47. The van der Waals surface area contributed by atoms with Gasteiger partial charge in [-0.1, -0.05) is 6.08 Å². The van der Waals surface area contributed by atoms with Crippen LogP contribution in [0.4, 0.5) is 0 Å². The minimum absolute atomic E-state index is 0.0218. The van der Waals surface area contributed by atoms with Crippen LogP contribution in [0.5, 0.6) is 5.75 Å². The molecule has 2 N–H and O–H groups in total. The van der Waals surface area contributed by atoms with Gasteiger partial charge < -0.3 is 10.5 Å². The quantitative estimate of drug-likeness (QED) is 0.775. The number of ether oxygens (including phenoxy) is 1. The maximum absolute atomic E-state index is 12.2. The van der Waals surface area contributed by atoms with Crippen LogP contribution in [0, 0.1) is 0 Å². The van der Waals surface area contributed by atoms with Gasteiger partial charge in [-0.2, -0.15) is 4.31 Å². The number of amides is 1. The van der Waals surface area contributed by atoms with Crippen LogP contribution >= 0.6 is 0 Å². The van der Waals surface area contributed by atoms with E-state index in [2.05, 4.69) is 6.58 Å². The first-order valence-corrected chi connectivity index (χ1v) is 6.83. The summed E-state index contributed by atoms with van der Waals surface area (Å²) in [6.45, 7) is 3.65. The van der Waals surface area contributed by atoms with Crippen LogP contribution in [-0.4, -0.2) is 39.3 Å². The maximum atomic E-state index is 12.2. The number of likely N-dealkylation sites (N-methyl/N-ethyl adjacent to an activating group) is 1. The zero-order valence-corrected chi connectivity index (χ0v) is 11.6. The first kappa shape index (κ1) is 15.2. The summed E-state index contributed by atoms with van der Waals surface area (Å²) in [5.74, 6) is -0.516. The second-order valence-electron chi connectivity index (χ2n) is 3.80. The van der Waals surface area contributed by atoms with E-state index in [9.17, 15) is 13.2 Å². The number of sulfonamides is 1. The van der Waals surface area contributed by atoms with Crippen LogP contribution in [0.2, 0.25) is 0 Å². The third-order valence-corrected chi connectivity index (χ3v) is 4.35. The van der Waals surface area contributed by atoms with Crippen LogP contribution in [0.25, 0.3) is 0 Å². The fraction of sp³-hybridized carbons (Fsp3) is 0.250. The molecule has 0 bridgehead atoms. The number of methoxy groups -OCH3 is 1. The molecule has 1 aromatic rings. The Hall–Kier alpha value is -1.86. The van der Waals surface area contributed by atoms with Gasteiger partial charge in [-0.25, -0.2) is 8.42 Å². The fourth-order valence-electron chi connectivity index (χ4n) is 1.50. The second-order valence-corrected chi connectivity index (χ2v) is 5.85. The number of rotatable bonds is 6. The van der Waals surface area contributed by atoms with E-state index in [0.717, 1.165) is 4.31 Å². The molecule has 7 heteroatoms. The number of hydrogen-bond acceptors (Lipinski definition) is 4. The lowest BCUT2D eigenvalue weighted by atomic mass is 10.2. The molecular weight excluding hydrogens is 268 g/mol. The van der Waals surface area contributed by atoms with Gasteiger partial charge in [0.05, 0.1) is 17.6 Å². The standard InChI is InChI=1S/C12H16N2O4S/c1-4-7-14(2)19(16,17)9-5-6-11(18-3)10(8-9)12(13)15/h4-6,8H,1,7H2,2-3H3,(H2,13,15). The number of benzene rings is 1. The van der Waals surface area contributed by atoms with E-state index in [0.29, 0.717) is 0 Å². The zero-order valence-electron chi connectivity index (χ0n) is 10.8. The molecule has 0 spiro atoms. The summed E-state index contributed by atoms with van der Waals surface area (Å²) in [6, 6.07) is 3.96. The van der Waals surface area contributed by atoms with Crippen molar-refractivity contribution >= 4 is 15.9 Å². The van der Waals surface area contributed by atoms with Crippen molar-refractivity contribution in [1.82, 2.24) is 4.31 Å². The minimum atomic E-state index is -3.68. The summed E-state index contributed by atoms with van der Waals surface area (Å²) in [7, 11) is -0.887. The smallest absolute Gasteiger partial charge is 0.252 e. The monoisotopic (exact) mass is 284 g/mol. The predicted octanol–water partition coefficient (Wildman–Crippen LogP) is 0.601. The molecule has 0 heterocycles. The van der Waals surface area contributed by atoms with Crippen molar-refractivity contribution in [3.05, 3.63) is 36.4 Å². The van der Waals surface area contributed by atoms with E-state index in [1.165, 1.54) is 38.4 Å². The molecule has 0 aromatic heterocycles. The SMILES string of the molecule is C=CCN(C)S(=O)(=O)c1ccc(OC)c(C(N)=O)c1. The molecule has 0 saturated carbocycles. The van der Waals surface area contributed by atoms with E-state index < -0.39 is 15.9 Å². The Morgan fingerprint density at radius 1 is 1.53 bits per heavy atom. The van der Waals surface area contributed by atoms with Gasteiger partial charge in [0.25, 0.3) is 5.91 Å². The van der Waals surface area contributed by atoms with E-state index >= 15 is 0 Å². The first-order valence-electron chi connectivity index (χ1n) is 5.39. The molecule has 104 valence electrons. The highest BCUT2D eigenvalue weighted by Crippen LogP contribution is 2.23. The van der Waals surface area contributed by atoms with Gasteiger partial charge in [-0.3, -0.25) is 4.79 Å². The summed E-state index contributed by atoms with van der Waals surface area (Å²) in [5.41, 5.74) is 5.22. The average Bonchev–Trinajstić information content (AvgIpc) is 2.38. The van der Waals surface area contributed by atoms with E-state index in [4.69, 9.17) is 10.5 Å². The van der Waals surface area contributed by atoms with Gasteiger partial charge in [-0.05, 0) is 18.2 Å². The number of nitrogens with zero attached hydrogens (tertiary/aromatic N) is 1. The van der Waals surface area contributed by atoms with Crippen LogP contribution in [0.3, 0.4) is 0 Å². The Morgan fingerprint density at radius 2 is 2.16 bits per heavy atom. The molecule has 1 rings (SSSR count). The number of hydrogen-bond donors (Lipinski definition) is 1. The Bertz CT molecular complexity index is 596. The van der Waals surface area contributed by atoms with Crippen LogP contribution < -0.4 is 10.5 Å². The summed E-state index contributed by atoms with van der Waals surface area (Å²) in [5, 5.41) is 0. The third kappa shape index (κ3) is 3.12. The molecule has 0 aliphatic rings. The molecule has 0 aliphatic heterocycles. The molecule has 0 unspecified atom stereocenters. The summed E-state index contributed by atoms with van der Waals surface area (Å²) < 4.78 is 30.4. The van der Waals surface area contributed by atoms with Gasteiger partial charge in [0.2, 0.25) is 10.0 Å². The van der Waals surface area contributed by atoms with Gasteiger partial charge in [0.15, 0.2) is 0 Å². The second kappa shape index (κ2) is 5.85. The average molecular weight is 284 g/mol. The van der Waals surface area contributed by atoms with Crippen LogP contribution in [-0.2, 0) is 10.0 Å². The number of primary amides is 1. The lowest BCUT2D eigenvalue weighted by molar-refractivity contribution is 0.0997. The lowest BCUT2D eigenvalue weighted by Crippen LogP contribution is -2.27. The van der Waals surface area contributed by atoms with E-state index in [1.54, 1.807) is 0 Å². The Balaban J connectivity index is 3.33. The van der Waals surface area contributed by atoms with Crippen molar-refractivity contribution in [1.29, 1.82) is 0 Å². The Kier molecular flexibility index (Phi) is 4.68. The minimum Gasteiger partial charge on any atom is -0.496 e. The molecule has 6 nitrogen and oxygen atoms in total. The van der Waals surface area contributed by atoms with Gasteiger partial charge in [0.1, 0.15) is 5.75 Å². The van der Waals surface area contributed by atoms with Crippen molar-refractivity contribution in [2.75, 3.05) is 20.7 Å². The topological polar surface area (TPSA) is 89.7 Å². The highest BCUT2D eigenvalue weighted by atomic mass is 32.2. The molecule has 0 atom stereocenters. The molecular formula is C12H16N2O4S. The van der Waals surface area contributed by atoms with E-state index in [-0.39, 0.29) is 22.8 Å². The molecule has 0 saturated heterocycles. The maximum Gasteiger partial charge on any atom is 0.252 e. The van der Waals surface area contributed by atoms with Gasteiger partial charge >= 0.3 is 0 Å². The largest absolute Gasteiger partial charge is 0.496 e. The van der Waals surface area contributed by atoms with Crippen molar-refractivity contribution in [2.45, 2.75) is 4.90 Å². The van der Waals surface area contributed by atoms with Crippen LogP contribution in [0.15, 0.2) is 35.7 Å². The molecule has 0 aliphatic carbocycles. The Morgan fingerprint density at radius 3 is 2.63 bits per heavy atom. The number of carbonyl (C=O) groups is 1. The highest BCUT2D eigenvalue weighted by Gasteiger charge is 2.22. The normalized spacial score (nSPS) is 11.3. The number of nitrogens with two attached hydrogens (primary N) is 1. The molecule has 0 fully saturated rings. The van der Waals surface area contributed by atoms with Crippen LogP contribution in [0.1, 0.15) is 10.4 Å². The number of carbonyl (C=O) groups excluding carboxylic acids is 1. The molecule has 0 radical (unpaired) electrons. The summed E-state index contributed by atoms with van der Waals surface area (Å²) >= 11 is 0. The van der Waals surface area contributed by atoms with Crippen molar-refractivity contribution < 1.29 is 17.9 Å². The Labute approximate surface area is 112 Å². The zero-order chi connectivity index (χ0) is 14.6. The highest BCUT2D eigenvalue weighted by molar-refractivity contribution is 7.89. The fourth-order valence-corrected chi connectivity index (χ4v) is 2.67. The molecule has 1 aromatic carbocycles. The van der Waals surface area contributed by atoms with Gasteiger partial charge in [0, 0.05) is 13.6 Å². The van der Waals surface area contributed by atoms with Gasteiger partial charge in [-0.15, -0.1) is 6.58 Å². The molecule has 19 heavy (non-hydrogen) atoms.